The number of piperidine rings is 1. The van der Waals surface area contributed by atoms with Crippen molar-refractivity contribution in [1.29, 1.82) is 0 Å². The summed E-state index contributed by atoms with van der Waals surface area (Å²) in [5, 5.41) is 5.46. The molecule has 0 bridgehead atoms. The first-order chi connectivity index (χ1) is 14.1. The minimum absolute atomic E-state index is 0.00116. The molecule has 29 heavy (non-hydrogen) atoms. The molecule has 1 N–H and O–H groups in total. The Morgan fingerprint density at radius 3 is 3.03 bits per heavy atom. The number of hydrogen-bond acceptors (Lipinski definition) is 5. The third kappa shape index (κ3) is 3.40. The Morgan fingerprint density at radius 2 is 2.24 bits per heavy atom. The highest BCUT2D eigenvalue weighted by Gasteiger charge is 2.28. The lowest BCUT2D eigenvalue weighted by Crippen LogP contribution is -2.39. The zero-order valence-corrected chi connectivity index (χ0v) is 17.4. The molecule has 0 spiro atoms. The summed E-state index contributed by atoms with van der Waals surface area (Å²) in [7, 11) is 0. The summed E-state index contributed by atoms with van der Waals surface area (Å²) in [5.74, 6) is -0.00116. The fourth-order valence-electron chi connectivity index (χ4n) is 4.57. The number of carbonyl (C=O) groups excluding carboxylic acids is 1. The normalized spacial score (nSPS) is 20.2. The number of thiophene rings is 1. The molecule has 2 aliphatic rings. The summed E-state index contributed by atoms with van der Waals surface area (Å²) in [6, 6.07) is 6.58. The van der Waals surface area contributed by atoms with Gasteiger partial charge in [0.05, 0.1) is 29.5 Å². The van der Waals surface area contributed by atoms with Gasteiger partial charge in [-0.05, 0) is 30.8 Å². The van der Waals surface area contributed by atoms with E-state index >= 15 is 0 Å². The Hall–Kier alpha value is -2.45. The molecule has 1 fully saturated rings. The number of aromatic nitrogens is 3. The zero-order chi connectivity index (χ0) is 20.0. The highest BCUT2D eigenvalue weighted by molar-refractivity contribution is 7.09. The van der Waals surface area contributed by atoms with Crippen molar-refractivity contribution in [2.45, 2.75) is 51.7 Å². The van der Waals surface area contributed by atoms with E-state index in [0.29, 0.717) is 30.7 Å². The van der Waals surface area contributed by atoms with Gasteiger partial charge in [0.15, 0.2) is 5.65 Å². The van der Waals surface area contributed by atoms with Gasteiger partial charge in [-0.3, -0.25) is 19.6 Å². The number of rotatable bonds is 3. The molecule has 0 unspecified atom stereocenters. The summed E-state index contributed by atoms with van der Waals surface area (Å²) in [5.41, 5.74) is 3.12. The predicted molar refractivity (Wildman–Crippen MR) is 112 cm³/mol. The van der Waals surface area contributed by atoms with Crippen LogP contribution in [-0.4, -0.2) is 43.4 Å². The van der Waals surface area contributed by atoms with E-state index < -0.39 is 0 Å². The molecule has 0 saturated carbocycles. The van der Waals surface area contributed by atoms with Gasteiger partial charge in [-0.25, -0.2) is 9.50 Å². The molecule has 3 aromatic heterocycles. The molecule has 0 aromatic carbocycles. The number of nitrogens with zero attached hydrogens (tertiary/aromatic N) is 4. The van der Waals surface area contributed by atoms with Crippen LogP contribution in [-0.2, 0) is 24.3 Å². The lowest BCUT2D eigenvalue weighted by Gasteiger charge is -2.34. The minimum atomic E-state index is -0.0807. The van der Waals surface area contributed by atoms with Crippen LogP contribution in [0.1, 0.15) is 54.1 Å². The molecular weight excluding hydrogens is 386 g/mol. The monoisotopic (exact) mass is 411 g/mol. The van der Waals surface area contributed by atoms with E-state index in [1.165, 1.54) is 17.7 Å². The molecule has 2 aliphatic heterocycles. The number of hydrogen-bond donors (Lipinski definition) is 1. The fraction of sp³-hybridized carbons (Fsp3) is 0.476. The molecule has 8 heteroatoms. The van der Waals surface area contributed by atoms with E-state index in [2.05, 4.69) is 27.5 Å². The van der Waals surface area contributed by atoms with Crippen molar-refractivity contribution in [1.82, 2.24) is 24.4 Å². The lowest BCUT2D eigenvalue weighted by molar-refractivity contribution is -0.129. The first-order valence-electron chi connectivity index (χ1n) is 10.3. The summed E-state index contributed by atoms with van der Waals surface area (Å²) in [4.78, 5) is 35.2. The number of aromatic amines is 1. The molecule has 1 atom stereocenters. The van der Waals surface area contributed by atoms with Crippen LogP contribution in [0.25, 0.3) is 5.65 Å². The van der Waals surface area contributed by atoms with Gasteiger partial charge in [-0.2, -0.15) is 0 Å². The van der Waals surface area contributed by atoms with Crippen molar-refractivity contribution >= 4 is 22.9 Å². The molecular formula is C21H25N5O2S. The second kappa shape index (κ2) is 7.42. The van der Waals surface area contributed by atoms with Crippen molar-refractivity contribution in [2.24, 2.45) is 0 Å². The van der Waals surface area contributed by atoms with Crippen molar-refractivity contribution in [3.63, 3.8) is 0 Å². The SMILES string of the molecule is CC(=O)N1CCc2nc3cc([C@H]4CCCCN4Cc4cccs4)[nH]n3c(=O)c2C1. The van der Waals surface area contributed by atoms with Crippen LogP contribution in [0.15, 0.2) is 28.4 Å². The van der Waals surface area contributed by atoms with Gasteiger partial charge in [0, 0.05) is 37.4 Å². The summed E-state index contributed by atoms with van der Waals surface area (Å²) in [6.45, 7) is 4.52. The smallest absolute Gasteiger partial charge is 0.277 e. The second-order valence-electron chi connectivity index (χ2n) is 8.00. The van der Waals surface area contributed by atoms with Crippen LogP contribution in [0.2, 0.25) is 0 Å². The second-order valence-corrected chi connectivity index (χ2v) is 9.03. The van der Waals surface area contributed by atoms with Crippen molar-refractivity contribution in [2.75, 3.05) is 13.1 Å². The Balaban J connectivity index is 1.50. The van der Waals surface area contributed by atoms with Crippen molar-refractivity contribution in [3.05, 3.63) is 55.8 Å². The highest BCUT2D eigenvalue weighted by atomic mass is 32.1. The maximum Gasteiger partial charge on any atom is 0.277 e. The first kappa shape index (κ1) is 18.6. The molecule has 152 valence electrons. The fourth-order valence-corrected chi connectivity index (χ4v) is 5.30. The van der Waals surface area contributed by atoms with Crippen LogP contribution in [0.5, 0.6) is 0 Å². The Kier molecular flexibility index (Phi) is 4.75. The zero-order valence-electron chi connectivity index (χ0n) is 16.6. The minimum Gasteiger partial charge on any atom is -0.338 e. The van der Waals surface area contributed by atoms with Gasteiger partial charge in [-0.15, -0.1) is 11.3 Å². The lowest BCUT2D eigenvalue weighted by atomic mass is 9.99. The quantitative estimate of drug-likeness (QED) is 0.719. The van der Waals surface area contributed by atoms with E-state index in [1.807, 2.05) is 6.07 Å². The molecule has 5 rings (SSSR count). The number of carbonyl (C=O) groups is 1. The first-order valence-corrected chi connectivity index (χ1v) is 11.1. The van der Waals surface area contributed by atoms with E-state index in [1.54, 1.807) is 27.7 Å². The van der Waals surface area contributed by atoms with Gasteiger partial charge >= 0.3 is 0 Å². The van der Waals surface area contributed by atoms with Crippen molar-refractivity contribution in [3.8, 4) is 0 Å². The number of amides is 1. The molecule has 1 saturated heterocycles. The van der Waals surface area contributed by atoms with Crippen molar-refractivity contribution < 1.29 is 4.79 Å². The molecule has 0 radical (unpaired) electrons. The van der Waals surface area contributed by atoms with Crippen LogP contribution >= 0.6 is 11.3 Å². The largest absolute Gasteiger partial charge is 0.338 e. The number of likely N-dealkylation sites (tertiary alicyclic amines) is 1. The third-order valence-electron chi connectivity index (χ3n) is 6.14. The maximum absolute atomic E-state index is 13.1. The maximum atomic E-state index is 13.1. The Morgan fingerprint density at radius 1 is 1.34 bits per heavy atom. The van der Waals surface area contributed by atoms with E-state index in [0.717, 1.165) is 30.9 Å². The van der Waals surface area contributed by atoms with Crippen LogP contribution < -0.4 is 5.56 Å². The standard InChI is InChI=1S/C21H25N5O2S/c1-14(27)24-9-7-17-16(13-24)21(28)26-20(22-17)11-18(23-26)19-6-2-3-8-25(19)12-15-5-4-10-29-15/h4-5,10-11,19,23H,2-3,6-9,12-13H2,1H3/t19-/m1/s1. The van der Waals surface area contributed by atoms with E-state index in [9.17, 15) is 9.59 Å². The number of H-pyrrole nitrogens is 1. The van der Waals surface area contributed by atoms with E-state index in [4.69, 9.17) is 4.98 Å². The van der Waals surface area contributed by atoms with Gasteiger partial charge < -0.3 is 4.90 Å². The van der Waals surface area contributed by atoms with Gasteiger partial charge in [0.1, 0.15) is 0 Å². The topological polar surface area (TPSA) is 73.7 Å². The number of fused-ring (bicyclic) bond motifs is 2. The Labute approximate surface area is 173 Å². The molecule has 5 heterocycles. The van der Waals surface area contributed by atoms with Gasteiger partial charge in [0.2, 0.25) is 5.91 Å². The van der Waals surface area contributed by atoms with Gasteiger partial charge in [-0.1, -0.05) is 12.5 Å². The Bertz CT molecular complexity index is 1100. The molecule has 1 amide bonds. The summed E-state index contributed by atoms with van der Waals surface area (Å²) < 4.78 is 1.57. The third-order valence-corrected chi connectivity index (χ3v) is 7.00. The van der Waals surface area contributed by atoms with E-state index in [-0.39, 0.29) is 17.5 Å². The average molecular weight is 412 g/mol. The van der Waals surface area contributed by atoms with Gasteiger partial charge in [0.25, 0.3) is 5.56 Å². The summed E-state index contributed by atoms with van der Waals surface area (Å²) in [6.07, 6.45) is 4.10. The molecule has 3 aromatic rings. The van der Waals surface area contributed by atoms with Crippen LogP contribution in [0.3, 0.4) is 0 Å². The predicted octanol–water partition coefficient (Wildman–Crippen LogP) is 2.72. The van der Waals surface area contributed by atoms with Crippen LogP contribution in [0.4, 0.5) is 0 Å². The summed E-state index contributed by atoms with van der Waals surface area (Å²) >= 11 is 1.79. The molecule has 7 nitrogen and oxygen atoms in total. The number of nitrogens with one attached hydrogen (secondary N) is 1. The van der Waals surface area contributed by atoms with Crippen LogP contribution in [0, 0.1) is 0 Å². The average Bonchev–Trinajstić information content (AvgIpc) is 3.38. The molecule has 0 aliphatic carbocycles. The highest BCUT2D eigenvalue weighted by Crippen LogP contribution is 2.32.